The third-order valence-corrected chi connectivity index (χ3v) is 5.08. The molecule has 3 unspecified atom stereocenters. The molecule has 1 saturated heterocycles. The molecule has 0 bridgehead atoms. The van der Waals surface area contributed by atoms with E-state index >= 15 is 0 Å². The maximum atomic E-state index is 9.76. The Kier molecular flexibility index (Phi) is 3.20. The highest BCUT2D eigenvalue weighted by atomic mass is 16.5. The highest BCUT2D eigenvalue weighted by molar-refractivity contribution is 5.38. The Labute approximate surface area is 120 Å². The number of ether oxygens (including phenoxy) is 1. The SMILES string of the molecule is Oc1ccc2c(c1)C(NC1CCOC1C1CC1)CCC2. The minimum Gasteiger partial charge on any atom is -0.508 e. The van der Waals surface area contributed by atoms with Crippen LogP contribution in [0.5, 0.6) is 5.75 Å². The second kappa shape index (κ2) is 5.05. The zero-order chi connectivity index (χ0) is 13.5. The first-order chi connectivity index (χ1) is 9.81. The highest BCUT2D eigenvalue weighted by Crippen LogP contribution is 2.40. The molecule has 1 saturated carbocycles. The largest absolute Gasteiger partial charge is 0.508 e. The molecule has 1 aromatic rings. The normalized spacial score (nSPS) is 33.1. The number of aromatic hydroxyl groups is 1. The summed E-state index contributed by atoms with van der Waals surface area (Å²) in [6.45, 7) is 0.901. The number of nitrogens with one attached hydrogen (secondary N) is 1. The Morgan fingerprint density at radius 1 is 1.15 bits per heavy atom. The van der Waals surface area contributed by atoms with Crippen LogP contribution in [0.2, 0.25) is 0 Å². The molecule has 108 valence electrons. The van der Waals surface area contributed by atoms with Crippen LogP contribution in [-0.2, 0) is 11.2 Å². The topological polar surface area (TPSA) is 41.5 Å². The Hall–Kier alpha value is -1.06. The second-order valence-corrected chi connectivity index (χ2v) is 6.56. The molecule has 2 fully saturated rings. The molecule has 0 aromatic heterocycles. The van der Waals surface area contributed by atoms with Crippen LogP contribution in [0.1, 0.15) is 49.3 Å². The average Bonchev–Trinajstić information content (AvgIpc) is 3.20. The molecular weight excluding hydrogens is 250 g/mol. The van der Waals surface area contributed by atoms with Crippen LogP contribution in [-0.4, -0.2) is 23.9 Å². The fraction of sp³-hybridized carbons (Fsp3) is 0.647. The summed E-state index contributed by atoms with van der Waals surface area (Å²) in [7, 11) is 0. The molecule has 4 rings (SSSR count). The van der Waals surface area contributed by atoms with Gasteiger partial charge in [0.25, 0.3) is 0 Å². The van der Waals surface area contributed by atoms with Crippen LogP contribution in [0.25, 0.3) is 0 Å². The first kappa shape index (κ1) is 12.7. The van der Waals surface area contributed by atoms with Gasteiger partial charge in [-0.15, -0.1) is 0 Å². The lowest BCUT2D eigenvalue weighted by Crippen LogP contribution is -2.40. The number of phenolic OH excluding ortho intramolecular Hbond substituents is 1. The predicted molar refractivity (Wildman–Crippen MR) is 77.8 cm³/mol. The van der Waals surface area contributed by atoms with E-state index in [4.69, 9.17) is 4.74 Å². The van der Waals surface area contributed by atoms with Crippen molar-refractivity contribution in [3.63, 3.8) is 0 Å². The molecule has 0 spiro atoms. The van der Waals surface area contributed by atoms with Crippen molar-refractivity contribution in [3.8, 4) is 5.75 Å². The fourth-order valence-electron chi connectivity index (χ4n) is 3.90. The molecule has 3 nitrogen and oxygen atoms in total. The van der Waals surface area contributed by atoms with E-state index in [1.165, 1.54) is 36.8 Å². The summed E-state index contributed by atoms with van der Waals surface area (Å²) in [6, 6.07) is 6.74. The van der Waals surface area contributed by atoms with Gasteiger partial charge in [-0.2, -0.15) is 0 Å². The zero-order valence-corrected chi connectivity index (χ0v) is 11.8. The number of hydrogen-bond acceptors (Lipinski definition) is 3. The highest BCUT2D eigenvalue weighted by Gasteiger charge is 2.41. The minimum absolute atomic E-state index is 0.388. The van der Waals surface area contributed by atoms with Gasteiger partial charge in [-0.25, -0.2) is 0 Å². The maximum Gasteiger partial charge on any atom is 0.115 e. The third-order valence-electron chi connectivity index (χ3n) is 5.08. The fourth-order valence-corrected chi connectivity index (χ4v) is 3.90. The van der Waals surface area contributed by atoms with Crippen LogP contribution in [0.15, 0.2) is 18.2 Å². The van der Waals surface area contributed by atoms with Crippen molar-refractivity contribution in [1.82, 2.24) is 5.32 Å². The minimum atomic E-state index is 0.388. The zero-order valence-electron chi connectivity index (χ0n) is 11.8. The molecule has 3 atom stereocenters. The van der Waals surface area contributed by atoms with E-state index in [0.717, 1.165) is 25.4 Å². The lowest BCUT2D eigenvalue weighted by molar-refractivity contribution is 0.0783. The molecule has 1 aliphatic heterocycles. The van der Waals surface area contributed by atoms with E-state index in [1.807, 2.05) is 12.1 Å². The van der Waals surface area contributed by atoms with Gasteiger partial charge in [-0.1, -0.05) is 6.07 Å². The Morgan fingerprint density at radius 2 is 2.05 bits per heavy atom. The quantitative estimate of drug-likeness (QED) is 0.889. The van der Waals surface area contributed by atoms with Crippen molar-refractivity contribution in [2.45, 2.75) is 56.7 Å². The number of rotatable bonds is 3. The van der Waals surface area contributed by atoms with Gasteiger partial charge < -0.3 is 15.2 Å². The lowest BCUT2D eigenvalue weighted by atomic mass is 9.86. The van der Waals surface area contributed by atoms with Crippen molar-refractivity contribution in [2.75, 3.05) is 6.61 Å². The Balaban J connectivity index is 1.53. The number of phenols is 1. The number of benzene rings is 1. The van der Waals surface area contributed by atoms with Gasteiger partial charge in [0.2, 0.25) is 0 Å². The molecule has 2 aliphatic carbocycles. The third kappa shape index (κ3) is 2.33. The number of hydrogen-bond donors (Lipinski definition) is 2. The Morgan fingerprint density at radius 3 is 2.90 bits per heavy atom. The molecule has 0 amide bonds. The molecule has 2 N–H and O–H groups in total. The predicted octanol–water partition coefficient (Wildman–Crippen LogP) is 2.93. The first-order valence-electron chi connectivity index (χ1n) is 8.01. The van der Waals surface area contributed by atoms with Gasteiger partial charge in [-0.05, 0) is 67.7 Å². The van der Waals surface area contributed by atoms with Crippen molar-refractivity contribution < 1.29 is 9.84 Å². The monoisotopic (exact) mass is 273 g/mol. The van der Waals surface area contributed by atoms with Crippen LogP contribution >= 0.6 is 0 Å². The van der Waals surface area contributed by atoms with Crippen LogP contribution in [0.3, 0.4) is 0 Å². The van der Waals surface area contributed by atoms with Crippen LogP contribution < -0.4 is 5.32 Å². The van der Waals surface area contributed by atoms with E-state index in [-0.39, 0.29) is 0 Å². The maximum absolute atomic E-state index is 9.76. The van der Waals surface area contributed by atoms with Crippen molar-refractivity contribution in [2.24, 2.45) is 5.92 Å². The van der Waals surface area contributed by atoms with Crippen molar-refractivity contribution in [1.29, 1.82) is 0 Å². The first-order valence-corrected chi connectivity index (χ1v) is 8.01. The van der Waals surface area contributed by atoms with Gasteiger partial charge in [0.1, 0.15) is 5.75 Å². The average molecular weight is 273 g/mol. The molecule has 3 aliphatic rings. The summed E-state index contributed by atoms with van der Waals surface area (Å²) in [5.41, 5.74) is 2.70. The van der Waals surface area contributed by atoms with Crippen molar-refractivity contribution in [3.05, 3.63) is 29.3 Å². The van der Waals surface area contributed by atoms with E-state index in [1.54, 1.807) is 0 Å². The van der Waals surface area contributed by atoms with Crippen LogP contribution in [0.4, 0.5) is 0 Å². The molecule has 1 aromatic carbocycles. The standard InChI is InChI=1S/C17H23NO2/c19-13-7-6-11-2-1-3-15(14(11)10-13)18-16-8-9-20-17(16)12-4-5-12/h6-7,10,12,15-19H,1-5,8-9H2. The lowest BCUT2D eigenvalue weighted by Gasteiger charge is -2.31. The van der Waals surface area contributed by atoms with E-state index in [9.17, 15) is 5.11 Å². The summed E-state index contributed by atoms with van der Waals surface area (Å²) in [5.74, 6) is 1.18. The summed E-state index contributed by atoms with van der Waals surface area (Å²) >= 11 is 0. The summed E-state index contributed by atoms with van der Waals surface area (Å²) in [5, 5.41) is 13.6. The van der Waals surface area contributed by atoms with Crippen LogP contribution in [0, 0.1) is 5.92 Å². The number of fused-ring (bicyclic) bond motifs is 1. The van der Waals surface area contributed by atoms with E-state index in [2.05, 4.69) is 11.4 Å². The molecular formula is C17H23NO2. The summed E-state index contributed by atoms with van der Waals surface area (Å²) in [4.78, 5) is 0. The van der Waals surface area contributed by atoms with Gasteiger partial charge in [0, 0.05) is 18.7 Å². The van der Waals surface area contributed by atoms with Gasteiger partial charge in [0.15, 0.2) is 0 Å². The smallest absolute Gasteiger partial charge is 0.115 e. The van der Waals surface area contributed by atoms with E-state index in [0.29, 0.717) is 23.9 Å². The van der Waals surface area contributed by atoms with Gasteiger partial charge in [-0.3, -0.25) is 0 Å². The Bertz CT molecular complexity index is 498. The van der Waals surface area contributed by atoms with Gasteiger partial charge in [0.05, 0.1) is 6.10 Å². The number of aryl methyl sites for hydroxylation is 1. The summed E-state index contributed by atoms with van der Waals surface area (Å²) < 4.78 is 5.93. The molecule has 1 heterocycles. The van der Waals surface area contributed by atoms with Gasteiger partial charge >= 0.3 is 0 Å². The second-order valence-electron chi connectivity index (χ2n) is 6.56. The van der Waals surface area contributed by atoms with Crippen molar-refractivity contribution >= 4 is 0 Å². The molecule has 3 heteroatoms. The molecule has 0 radical (unpaired) electrons. The molecule has 20 heavy (non-hydrogen) atoms. The summed E-state index contributed by atoms with van der Waals surface area (Å²) in [6.07, 6.45) is 7.78. The van der Waals surface area contributed by atoms with E-state index < -0.39 is 0 Å².